The number of anilines is 1. The van der Waals surface area contributed by atoms with Crippen LogP contribution in [-0.2, 0) is 9.59 Å². The molecule has 2 rings (SSSR count). The van der Waals surface area contributed by atoms with E-state index >= 15 is 0 Å². The van der Waals surface area contributed by atoms with Crippen molar-refractivity contribution in [3.8, 4) is 0 Å². The van der Waals surface area contributed by atoms with Crippen molar-refractivity contribution < 1.29 is 14.7 Å². The maximum atomic E-state index is 11.2. The molecule has 5 heteroatoms. The van der Waals surface area contributed by atoms with E-state index in [1.165, 1.54) is 6.07 Å². The van der Waals surface area contributed by atoms with E-state index in [0.29, 0.717) is 16.3 Å². The van der Waals surface area contributed by atoms with Crippen molar-refractivity contribution in [2.75, 3.05) is 5.32 Å². The van der Waals surface area contributed by atoms with Crippen molar-refractivity contribution in [3.63, 3.8) is 0 Å². The summed E-state index contributed by atoms with van der Waals surface area (Å²) in [7, 11) is 0. The Hall–Kier alpha value is -1.55. The van der Waals surface area contributed by atoms with Crippen LogP contribution in [-0.4, -0.2) is 17.0 Å². The van der Waals surface area contributed by atoms with Crippen molar-refractivity contribution in [1.29, 1.82) is 0 Å². The quantitative estimate of drug-likeness (QED) is 0.691. The molecule has 0 saturated heterocycles. The molecule has 14 heavy (non-hydrogen) atoms. The standard InChI is InChI=1S/C9H6ClNO3/c10-4-1-2-6-5(3-4)7(9(13)14)8(12)11-6/h1-3,7H,(H,11,12)(H,13,14). The summed E-state index contributed by atoms with van der Waals surface area (Å²) in [6.07, 6.45) is 0. The fraction of sp³-hybridized carbons (Fsp3) is 0.111. The number of hydrogen-bond donors (Lipinski definition) is 2. The van der Waals surface area contributed by atoms with Crippen molar-refractivity contribution in [3.05, 3.63) is 28.8 Å². The molecule has 1 aromatic rings. The lowest BCUT2D eigenvalue weighted by molar-refractivity contribution is -0.141. The summed E-state index contributed by atoms with van der Waals surface area (Å²) < 4.78 is 0. The lowest BCUT2D eigenvalue weighted by Gasteiger charge is -2.01. The molecule has 0 radical (unpaired) electrons. The van der Waals surface area contributed by atoms with Gasteiger partial charge >= 0.3 is 5.97 Å². The van der Waals surface area contributed by atoms with Crippen LogP contribution in [0.4, 0.5) is 5.69 Å². The zero-order valence-corrected chi connectivity index (χ0v) is 7.71. The molecule has 0 aliphatic carbocycles. The van der Waals surface area contributed by atoms with E-state index in [-0.39, 0.29) is 0 Å². The van der Waals surface area contributed by atoms with Crippen LogP contribution in [0.5, 0.6) is 0 Å². The van der Waals surface area contributed by atoms with Gasteiger partial charge in [-0.1, -0.05) is 11.6 Å². The Morgan fingerprint density at radius 2 is 2.21 bits per heavy atom. The van der Waals surface area contributed by atoms with Gasteiger partial charge in [-0.15, -0.1) is 0 Å². The summed E-state index contributed by atoms with van der Waals surface area (Å²) in [4.78, 5) is 22.0. The van der Waals surface area contributed by atoms with Crippen molar-refractivity contribution in [1.82, 2.24) is 0 Å². The minimum Gasteiger partial charge on any atom is -0.480 e. The van der Waals surface area contributed by atoms with E-state index in [1.807, 2.05) is 0 Å². The van der Waals surface area contributed by atoms with Gasteiger partial charge in [0.25, 0.3) is 0 Å². The van der Waals surface area contributed by atoms with Gasteiger partial charge in [0.05, 0.1) is 0 Å². The van der Waals surface area contributed by atoms with Gasteiger partial charge in [-0.25, -0.2) is 0 Å². The second-order valence-corrected chi connectivity index (χ2v) is 3.43. The Balaban J connectivity index is 2.55. The first-order valence-electron chi connectivity index (χ1n) is 3.92. The lowest BCUT2D eigenvalue weighted by atomic mass is 10.0. The maximum Gasteiger partial charge on any atom is 0.320 e. The van der Waals surface area contributed by atoms with Crippen LogP contribution >= 0.6 is 11.6 Å². The largest absolute Gasteiger partial charge is 0.480 e. The van der Waals surface area contributed by atoms with Crippen LogP contribution in [0.15, 0.2) is 18.2 Å². The number of carbonyl (C=O) groups is 2. The molecule has 0 fully saturated rings. The second-order valence-electron chi connectivity index (χ2n) is 2.99. The van der Waals surface area contributed by atoms with Crippen LogP contribution in [0.2, 0.25) is 5.02 Å². The van der Waals surface area contributed by atoms with E-state index in [1.54, 1.807) is 12.1 Å². The number of halogens is 1. The van der Waals surface area contributed by atoms with E-state index in [0.717, 1.165) is 0 Å². The molecule has 1 heterocycles. The molecule has 2 N–H and O–H groups in total. The lowest BCUT2D eigenvalue weighted by Crippen LogP contribution is -2.20. The highest BCUT2D eigenvalue weighted by Gasteiger charge is 2.36. The highest BCUT2D eigenvalue weighted by atomic mass is 35.5. The fourth-order valence-corrected chi connectivity index (χ4v) is 1.66. The third-order valence-corrected chi connectivity index (χ3v) is 2.33. The Kier molecular flexibility index (Phi) is 1.93. The first-order chi connectivity index (χ1) is 6.59. The number of carbonyl (C=O) groups excluding carboxylic acids is 1. The minimum absolute atomic E-state index is 0.423. The van der Waals surface area contributed by atoms with E-state index in [4.69, 9.17) is 16.7 Å². The molecule has 0 spiro atoms. The number of fused-ring (bicyclic) bond motifs is 1. The van der Waals surface area contributed by atoms with Crippen LogP contribution < -0.4 is 5.32 Å². The second kappa shape index (κ2) is 2.99. The summed E-state index contributed by atoms with van der Waals surface area (Å²) in [5, 5.41) is 11.7. The zero-order chi connectivity index (χ0) is 10.3. The van der Waals surface area contributed by atoms with Gasteiger partial charge in [0.15, 0.2) is 5.92 Å². The molecular formula is C9H6ClNO3. The highest BCUT2D eigenvalue weighted by Crippen LogP contribution is 2.34. The Bertz CT molecular complexity index is 430. The van der Waals surface area contributed by atoms with Crippen LogP contribution in [0, 0.1) is 0 Å². The molecule has 1 atom stereocenters. The Labute approximate surface area is 84.5 Å². The zero-order valence-electron chi connectivity index (χ0n) is 6.95. The number of rotatable bonds is 1. The van der Waals surface area contributed by atoms with Gasteiger partial charge in [0.2, 0.25) is 5.91 Å². The van der Waals surface area contributed by atoms with Gasteiger partial charge in [0, 0.05) is 16.3 Å². The molecule has 72 valence electrons. The van der Waals surface area contributed by atoms with E-state index < -0.39 is 17.8 Å². The number of carboxylic acid groups (broad SMARTS) is 1. The van der Waals surface area contributed by atoms with Gasteiger partial charge < -0.3 is 10.4 Å². The number of amides is 1. The topological polar surface area (TPSA) is 66.4 Å². The molecule has 1 unspecified atom stereocenters. The maximum absolute atomic E-state index is 11.2. The summed E-state index contributed by atoms with van der Waals surface area (Å²) in [6, 6.07) is 4.69. The third kappa shape index (κ3) is 1.24. The molecular weight excluding hydrogens is 206 g/mol. The summed E-state index contributed by atoms with van der Waals surface area (Å²) in [5.41, 5.74) is 0.946. The monoisotopic (exact) mass is 211 g/mol. The molecule has 0 aromatic heterocycles. The molecule has 1 aliphatic rings. The van der Waals surface area contributed by atoms with E-state index in [2.05, 4.69) is 5.32 Å². The number of aliphatic carboxylic acids is 1. The van der Waals surface area contributed by atoms with Crippen LogP contribution in [0.25, 0.3) is 0 Å². The van der Waals surface area contributed by atoms with Gasteiger partial charge in [0.1, 0.15) is 0 Å². The first kappa shape index (κ1) is 9.02. The normalized spacial score (nSPS) is 18.9. The molecule has 1 aliphatic heterocycles. The summed E-state index contributed by atoms with van der Waals surface area (Å²) >= 11 is 5.71. The molecule has 4 nitrogen and oxygen atoms in total. The predicted molar refractivity (Wildman–Crippen MR) is 50.5 cm³/mol. The molecule has 0 saturated carbocycles. The van der Waals surface area contributed by atoms with Crippen molar-refractivity contribution in [2.24, 2.45) is 0 Å². The molecule has 1 amide bonds. The number of hydrogen-bond acceptors (Lipinski definition) is 2. The SMILES string of the molecule is O=C(O)C1C(=O)Nc2ccc(Cl)cc21. The summed E-state index contributed by atoms with van der Waals surface area (Å²) in [5.74, 6) is -2.82. The smallest absolute Gasteiger partial charge is 0.320 e. The Morgan fingerprint density at radius 3 is 2.86 bits per heavy atom. The van der Waals surface area contributed by atoms with Gasteiger partial charge in [-0.05, 0) is 18.2 Å². The number of nitrogens with one attached hydrogen (secondary N) is 1. The Morgan fingerprint density at radius 1 is 1.50 bits per heavy atom. The third-order valence-electron chi connectivity index (χ3n) is 2.09. The summed E-state index contributed by atoms with van der Waals surface area (Å²) in [6.45, 7) is 0. The minimum atomic E-state index is -1.16. The van der Waals surface area contributed by atoms with Gasteiger partial charge in [-0.2, -0.15) is 0 Å². The highest BCUT2D eigenvalue weighted by molar-refractivity contribution is 6.31. The number of carboxylic acids is 1. The molecule has 0 bridgehead atoms. The first-order valence-corrected chi connectivity index (χ1v) is 4.30. The van der Waals surface area contributed by atoms with Crippen molar-refractivity contribution >= 4 is 29.2 Å². The van der Waals surface area contributed by atoms with E-state index in [9.17, 15) is 9.59 Å². The van der Waals surface area contributed by atoms with Crippen molar-refractivity contribution in [2.45, 2.75) is 5.92 Å². The fourth-order valence-electron chi connectivity index (χ4n) is 1.48. The molecule has 1 aromatic carbocycles. The average Bonchev–Trinajstić information content (AvgIpc) is 2.40. The van der Waals surface area contributed by atoms with Crippen LogP contribution in [0.1, 0.15) is 11.5 Å². The van der Waals surface area contributed by atoms with Gasteiger partial charge in [-0.3, -0.25) is 9.59 Å². The number of benzene rings is 1. The predicted octanol–water partition coefficient (Wildman–Crippen LogP) is 1.46. The average molecular weight is 212 g/mol. The van der Waals surface area contributed by atoms with Crippen LogP contribution in [0.3, 0.4) is 0 Å².